The first-order chi connectivity index (χ1) is 13.1. The molecular weight excluding hydrogens is 367 g/mol. The molecule has 1 aliphatic heterocycles. The number of likely N-dealkylation sites (tertiary alicyclic amines) is 1. The van der Waals surface area contributed by atoms with Crippen molar-refractivity contribution in [1.29, 1.82) is 0 Å². The Kier molecular flexibility index (Phi) is 7.07. The van der Waals surface area contributed by atoms with E-state index in [1.807, 2.05) is 24.3 Å². The van der Waals surface area contributed by atoms with Crippen LogP contribution in [-0.4, -0.2) is 37.0 Å². The van der Waals surface area contributed by atoms with Crippen molar-refractivity contribution < 1.29 is 13.9 Å². The van der Waals surface area contributed by atoms with Crippen molar-refractivity contribution in [3.63, 3.8) is 0 Å². The van der Waals surface area contributed by atoms with Gasteiger partial charge in [0.15, 0.2) is 0 Å². The van der Waals surface area contributed by atoms with Crippen molar-refractivity contribution >= 4 is 17.5 Å². The molecule has 1 amide bonds. The zero-order valence-corrected chi connectivity index (χ0v) is 15.9. The minimum atomic E-state index is -0.170. The van der Waals surface area contributed by atoms with E-state index in [1.165, 1.54) is 6.07 Å². The molecule has 0 spiro atoms. The molecule has 0 aliphatic carbocycles. The number of benzene rings is 2. The van der Waals surface area contributed by atoms with Gasteiger partial charge in [0.1, 0.15) is 18.2 Å². The fourth-order valence-corrected chi connectivity index (χ4v) is 3.45. The highest BCUT2D eigenvalue weighted by atomic mass is 35.5. The number of halogens is 2. The number of carbonyl (C=O) groups excluding carboxylic acids is 1. The number of para-hydroxylation sites is 1. The summed E-state index contributed by atoms with van der Waals surface area (Å²) in [6, 6.07) is 14.1. The van der Waals surface area contributed by atoms with Crippen LogP contribution in [0.3, 0.4) is 0 Å². The van der Waals surface area contributed by atoms with E-state index in [-0.39, 0.29) is 17.6 Å². The molecular formula is C21H24ClFN2O2. The van der Waals surface area contributed by atoms with Gasteiger partial charge in [-0.15, -0.1) is 0 Å². The third kappa shape index (κ3) is 5.68. The molecule has 3 rings (SSSR count). The summed E-state index contributed by atoms with van der Waals surface area (Å²) in [6.45, 7) is 3.00. The predicted octanol–water partition coefficient (Wildman–Crippen LogP) is 3.89. The second kappa shape index (κ2) is 9.72. The van der Waals surface area contributed by atoms with E-state index >= 15 is 0 Å². The van der Waals surface area contributed by atoms with Gasteiger partial charge in [-0.25, -0.2) is 4.39 Å². The Morgan fingerprint density at radius 2 is 1.85 bits per heavy atom. The third-order valence-electron chi connectivity index (χ3n) is 4.81. The molecule has 0 saturated carbocycles. The van der Waals surface area contributed by atoms with E-state index in [0.717, 1.165) is 25.9 Å². The quantitative estimate of drug-likeness (QED) is 0.729. The Morgan fingerprint density at radius 1 is 1.15 bits per heavy atom. The Hall–Kier alpha value is -2.11. The summed E-state index contributed by atoms with van der Waals surface area (Å²) in [6.07, 6.45) is 1.57. The van der Waals surface area contributed by atoms with Crippen molar-refractivity contribution in [3.8, 4) is 5.75 Å². The van der Waals surface area contributed by atoms with E-state index in [1.54, 1.807) is 18.2 Å². The Balaban J connectivity index is 1.36. The SMILES string of the molecule is O=C(NCCOc1ccccc1Cl)C1CCN(Cc2ccccc2F)CC1. The van der Waals surface area contributed by atoms with Gasteiger partial charge in [0, 0.05) is 18.0 Å². The van der Waals surface area contributed by atoms with E-state index in [4.69, 9.17) is 16.3 Å². The molecule has 1 fully saturated rings. The first-order valence-electron chi connectivity index (χ1n) is 9.24. The largest absolute Gasteiger partial charge is 0.490 e. The average Bonchev–Trinajstić information content (AvgIpc) is 2.69. The molecule has 0 unspecified atom stereocenters. The number of hydrogen-bond acceptors (Lipinski definition) is 3. The van der Waals surface area contributed by atoms with Crippen LogP contribution in [0.2, 0.25) is 5.02 Å². The van der Waals surface area contributed by atoms with E-state index in [0.29, 0.717) is 36.0 Å². The molecule has 0 radical (unpaired) electrons. The van der Waals surface area contributed by atoms with Gasteiger partial charge in [-0.05, 0) is 44.1 Å². The molecule has 27 heavy (non-hydrogen) atoms. The zero-order valence-electron chi connectivity index (χ0n) is 15.2. The van der Waals surface area contributed by atoms with Crippen LogP contribution < -0.4 is 10.1 Å². The van der Waals surface area contributed by atoms with Crippen molar-refractivity contribution in [3.05, 3.63) is 64.9 Å². The van der Waals surface area contributed by atoms with Crippen LogP contribution in [0.15, 0.2) is 48.5 Å². The maximum absolute atomic E-state index is 13.8. The lowest BCUT2D eigenvalue weighted by atomic mass is 9.95. The van der Waals surface area contributed by atoms with E-state index < -0.39 is 0 Å². The monoisotopic (exact) mass is 390 g/mol. The molecule has 1 heterocycles. The minimum absolute atomic E-state index is 0.00202. The summed E-state index contributed by atoms with van der Waals surface area (Å²) >= 11 is 6.03. The summed E-state index contributed by atoms with van der Waals surface area (Å²) < 4.78 is 19.3. The normalized spacial score (nSPS) is 15.5. The summed E-state index contributed by atoms with van der Waals surface area (Å²) in [4.78, 5) is 14.5. The topological polar surface area (TPSA) is 41.6 Å². The first-order valence-corrected chi connectivity index (χ1v) is 9.62. The number of carbonyl (C=O) groups is 1. The molecule has 1 N–H and O–H groups in total. The Morgan fingerprint density at radius 3 is 2.59 bits per heavy atom. The van der Waals surface area contributed by atoms with E-state index in [9.17, 15) is 9.18 Å². The standard InChI is InChI=1S/C21H24ClFN2O2/c22-18-6-2-4-8-20(18)27-14-11-24-21(26)16-9-12-25(13-10-16)15-17-5-1-3-7-19(17)23/h1-8,16H,9-15H2,(H,24,26). The molecule has 1 aliphatic rings. The van der Waals surface area contributed by atoms with Gasteiger partial charge in [0.2, 0.25) is 5.91 Å². The Bertz CT molecular complexity index is 763. The lowest BCUT2D eigenvalue weighted by Crippen LogP contribution is -2.41. The maximum Gasteiger partial charge on any atom is 0.223 e. The van der Waals surface area contributed by atoms with Gasteiger partial charge in [-0.3, -0.25) is 9.69 Å². The first kappa shape index (κ1) is 19.6. The molecule has 2 aromatic carbocycles. The summed E-state index contributed by atoms with van der Waals surface area (Å²) in [5.41, 5.74) is 0.706. The predicted molar refractivity (Wildman–Crippen MR) is 104 cm³/mol. The number of amides is 1. The molecule has 6 heteroatoms. The van der Waals surface area contributed by atoms with Gasteiger partial charge in [-0.2, -0.15) is 0 Å². The van der Waals surface area contributed by atoms with Crippen LogP contribution in [0.4, 0.5) is 4.39 Å². The maximum atomic E-state index is 13.8. The van der Waals surface area contributed by atoms with Gasteiger partial charge in [0.25, 0.3) is 0 Å². The summed E-state index contributed by atoms with van der Waals surface area (Å²) in [5.74, 6) is 0.510. The number of nitrogens with zero attached hydrogens (tertiary/aromatic N) is 1. The smallest absolute Gasteiger partial charge is 0.223 e. The second-order valence-electron chi connectivity index (χ2n) is 6.71. The molecule has 2 aromatic rings. The molecule has 0 bridgehead atoms. The van der Waals surface area contributed by atoms with Crippen LogP contribution in [0.1, 0.15) is 18.4 Å². The van der Waals surface area contributed by atoms with Crippen molar-refractivity contribution in [1.82, 2.24) is 10.2 Å². The van der Waals surface area contributed by atoms with E-state index in [2.05, 4.69) is 10.2 Å². The molecule has 0 atom stereocenters. The fourth-order valence-electron chi connectivity index (χ4n) is 3.26. The summed E-state index contributed by atoms with van der Waals surface area (Å²) in [7, 11) is 0. The van der Waals surface area contributed by atoms with Crippen molar-refractivity contribution in [2.75, 3.05) is 26.2 Å². The second-order valence-corrected chi connectivity index (χ2v) is 7.12. The lowest BCUT2D eigenvalue weighted by molar-refractivity contribution is -0.126. The van der Waals surface area contributed by atoms with Crippen LogP contribution in [0.25, 0.3) is 0 Å². The highest BCUT2D eigenvalue weighted by Gasteiger charge is 2.25. The highest BCUT2D eigenvalue weighted by molar-refractivity contribution is 6.32. The van der Waals surface area contributed by atoms with Crippen LogP contribution in [-0.2, 0) is 11.3 Å². The summed E-state index contributed by atoms with van der Waals surface area (Å²) in [5, 5.41) is 3.49. The number of rotatable bonds is 7. The van der Waals surface area contributed by atoms with Crippen LogP contribution >= 0.6 is 11.6 Å². The molecule has 1 saturated heterocycles. The van der Waals surface area contributed by atoms with Gasteiger partial charge in [0.05, 0.1) is 11.6 Å². The van der Waals surface area contributed by atoms with Crippen LogP contribution in [0.5, 0.6) is 5.75 Å². The lowest BCUT2D eigenvalue weighted by Gasteiger charge is -2.31. The van der Waals surface area contributed by atoms with Gasteiger partial charge in [-0.1, -0.05) is 41.9 Å². The number of piperidine rings is 1. The average molecular weight is 391 g/mol. The van der Waals surface area contributed by atoms with Gasteiger partial charge < -0.3 is 10.1 Å². The third-order valence-corrected chi connectivity index (χ3v) is 5.12. The number of ether oxygens (including phenoxy) is 1. The van der Waals surface area contributed by atoms with Crippen molar-refractivity contribution in [2.24, 2.45) is 5.92 Å². The zero-order chi connectivity index (χ0) is 19.1. The number of nitrogens with one attached hydrogen (secondary N) is 1. The van der Waals surface area contributed by atoms with Crippen molar-refractivity contribution in [2.45, 2.75) is 19.4 Å². The van der Waals surface area contributed by atoms with Crippen LogP contribution in [0, 0.1) is 11.7 Å². The van der Waals surface area contributed by atoms with Gasteiger partial charge >= 0.3 is 0 Å². The minimum Gasteiger partial charge on any atom is -0.490 e. The molecule has 0 aromatic heterocycles. The molecule has 144 valence electrons. The number of hydrogen-bond donors (Lipinski definition) is 1. The highest BCUT2D eigenvalue weighted by Crippen LogP contribution is 2.23. The fraction of sp³-hybridized carbons (Fsp3) is 0.381. The Labute approximate surface area is 164 Å². The molecule has 4 nitrogen and oxygen atoms in total.